The number of rotatable bonds is 27. The minimum absolute atomic E-state index is 0.0182. The van der Waals surface area contributed by atoms with Gasteiger partial charge in [0, 0.05) is 19.5 Å². The monoisotopic (exact) mass is 801 g/mol. The zero-order valence-electron chi connectivity index (χ0n) is 34.0. The molecule has 0 saturated carbocycles. The molecule has 0 aliphatic carbocycles. The van der Waals surface area contributed by atoms with Gasteiger partial charge in [0.05, 0.1) is 12.7 Å². The average Bonchev–Trinajstić information content (AvgIpc) is 3.42. The standard InChI is InChI=1S/C41H64N5O9P/c1-7-8-9-10-11-12-13-14-15-16-17-18-19-20-24-27-36(47)54-37-34(53-39(41(37,5)43-6)46-29-28-35(42)44-40(46)49)30-51-56(50,55-33-25-22-21-23-26-33)45-32(4)38(48)52-31(2)3/h21-23,25-26,28-29,31-32,34,37,39H,7-20,24,27,30H2,1-5H3,(H,45,50)(H2,42,44,49)/t32-,34+,37+,39?,41+,56+/m0/s1. The first kappa shape index (κ1) is 46.6. The average molecular weight is 802 g/mol. The number of para-hydroxylation sites is 1. The van der Waals surface area contributed by atoms with Crippen molar-refractivity contribution in [3.63, 3.8) is 0 Å². The lowest BCUT2D eigenvalue weighted by Gasteiger charge is -2.26. The van der Waals surface area contributed by atoms with Crippen LogP contribution in [0.25, 0.3) is 4.85 Å². The summed E-state index contributed by atoms with van der Waals surface area (Å²) in [5.74, 6) is -1.05. The maximum Gasteiger partial charge on any atom is 0.459 e. The van der Waals surface area contributed by atoms with Gasteiger partial charge in [0.15, 0.2) is 0 Å². The van der Waals surface area contributed by atoms with E-state index in [1.165, 1.54) is 96.7 Å². The van der Waals surface area contributed by atoms with Crippen LogP contribution >= 0.6 is 7.75 Å². The largest absolute Gasteiger partial charge is 0.462 e. The van der Waals surface area contributed by atoms with Crippen LogP contribution in [0, 0.1) is 6.57 Å². The molecule has 0 bridgehead atoms. The molecule has 1 unspecified atom stereocenters. The number of carbonyl (C=O) groups excluding carboxylic acids is 2. The van der Waals surface area contributed by atoms with Gasteiger partial charge in [-0.05, 0) is 45.4 Å². The van der Waals surface area contributed by atoms with Crippen molar-refractivity contribution < 1.29 is 37.4 Å². The lowest BCUT2D eigenvalue weighted by molar-refractivity contribution is -0.154. The van der Waals surface area contributed by atoms with E-state index in [-0.39, 0.29) is 18.0 Å². The summed E-state index contributed by atoms with van der Waals surface area (Å²) in [7, 11) is -4.36. The first-order valence-corrected chi connectivity index (χ1v) is 21.9. The summed E-state index contributed by atoms with van der Waals surface area (Å²) in [4.78, 5) is 46.5. The highest BCUT2D eigenvalue weighted by molar-refractivity contribution is 7.52. The number of hydrogen-bond acceptors (Lipinski definition) is 11. The van der Waals surface area contributed by atoms with Crippen molar-refractivity contribution in [1.82, 2.24) is 14.6 Å². The molecule has 1 aromatic carbocycles. The van der Waals surface area contributed by atoms with Crippen LogP contribution in [0.4, 0.5) is 5.82 Å². The summed E-state index contributed by atoms with van der Waals surface area (Å²) in [6.07, 6.45) is 15.2. The number of aromatic nitrogens is 2. The van der Waals surface area contributed by atoms with Gasteiger partial charge < -0.3 is 29.3 Å². The second-order valence-electron chi connectivity index (χ2n) is 15.1. The van der Waals surface area contributed by atoms with Crippen LogP contribution < -0.4 is 21.0 Å². The zero-order valence-corrected chi connectivity index (χ0v) is 34.9. The minimum atomic E-state index is -4.36. The van der Waals surface area contributed by atoms with Gasteiger partial charge in [-0.15, -0.1) is 0 Å². The second kappa shape index (κ2) is 24.1. The number of nitrogen functional groups attached to an aromatic ring is 1. The SMILES string of the molecule is [C-]#[N+][C@@]1(C)C(n2ccc(N)nc2=O)O[C@H](CO[P@](=O)(N[C@@H](C)C(=O)OC(C)C)Oc2ccccc2)[C@H]1OC(=O)CCCCCCCCCCCCCCCCC. The van der Waals surface area contributed by atoms with Crippen LogP contribution in [-0.2, 0) is 32.9 Å². The van der Waals surface area contributed by atoms with Crippen LogP contribution in [0.1, 0.15) is 144 Å². The van der Waals surface area contributed by atoms with Crippen molar-refractivity contribution in [2.45, 2.75) is 173 Å². The Hall–Kier alpha value is -3.76. The minimum Gasteiger partial charge on any atom is -0.462 e. The topological polar surface area (TPSA) is 175 Å². The molecule has 0 spiro atoms. The van der Waals surface area contributed by atoms with Gasteiger partial charge >= 0.3 is 30.9 Å². The van der Waals surface area contributed by atoms with E-state index in [0.29, 0.717) is 6.42 Å². The molecule has 6 atom stereocenters. The van der Waals surface area contributed by atoms with E-state index < -0.39 is 68.1 Å². The summed E-state index contributed by atoms with van der Waals surface area (Å²) in [5, 5.41) is 2.62. The number of nitrogens with one attached hydrogen (secondary N) is 1. The Morgan fingerprint density at radius 3 is 2.07 bits per heavy atom. The van der Waals surface area contributed by atoms with Gasteiger partial charge in [0.2, 0.25) is 12.3 Å². The number of nitrogens with zero attached hydrogens (tertiary/aromatic N) is 3. The number of ether oxygens (including phenoxy) is 3. The predicted octanol–water partition coefficient (Wildman–Crippen LogP) is 8.71. The van der Waals surface area contributed by atoms with Crippen LogP contribution in [0.2, 0.25) is 0 Å². The summed E-state index contributed by atoms with van der Waals surface area (Å²) < 4.78 is 44.5. The zero-order chi connectivity index (χ0) is 41.0. The smallest absolute Gasteiger partial charge is 0.459 e. The lowest BCUT2D eigenvalue weighted by atomic mass is 9.92. The van der Waals surface area contributed by atoms with Gasteiger partial charge in [-0.1, -0.05) is 115 Å². The number of hydrogen-bond donors (Lipinski definition) is 2. The fourth-order valence-corrected chi connectivity index (χ4v) is 8.13. The molecule has 1 aliphatic rings. The molecule has 3 N–H and O–H groups in total. The quantitative estimate of drug-likeness (QED) is 0.0381. The number of anilines is 1. The summed E-state index contributed by atoms with van der Waals surface area (Å²) >= 11 is 0. The van der Waals surface area contributed by atoms with E-state index in [2.05, 4.69) is 21.8 Å². The molecule has 15 heteroatoms. The van der Waals surface area contributed by atoms with E-state index in [4.69, 9.17) is 35.6 Å². The molecular weight excluding hydrogens is 737 g/mol. The van der Waals surface area contributed by atoms with Crippen molar-refractivity contribution in [1.29, 1.82) is 0 Å². The Morgan fingerprint density at radius 1 is 0.964 bits per heavy atom. The Morgan fingerprint density at radius 2 is 1.54 bits per heavy atom. The fourth-order valence-electron chi connectivity index (χ4n) is 6.63. The Bertz CT molecular complexity index is 1630. The summed E-state index contributed by atoms with van der Waals surface area (Å²) in [6, 6.07) is 8.51. The summed E-state index contributed by atoms with van der Waals surface area (Å²) in [6.45, 7) is 16.3. The maximum absolute atomic E-state index is 14.2. The Labute approximate surface area is 333 Å². The van der Waals surface area contributed by atoms with E-state index in [1.54, 1.807) is 44.2 Å². The van der Waals surface area contributed by atoms with E-state index in [1.807, 2.05) is 0 Å². The third kappa shape index (κ3) is 15.3. The number of esters is 2. The van der Waals surface area contributed by atoms with Crippen molar-refractivity contribution in [3.05, 3.63) is 64.5 Å². The lowest BCUT2D eigenvalue weighted by Crippen LogP contribution is -2.46. The number of unbranched alkanes of at least 4 members (excludes halogenated alkanes) is 14. The first-order chi connectivity index (χ1) is 26.8. The first-order valence-electron chi connectivity index (χ1n) is 20.4. The Balaban J connectivity index is 1.65. The summed E-state index contributed by atoms with van der Waals surface area (Å²) in [5.41, 5.74) is 3.32. The van der Waals surface area contributed by atoms with Gasteiger partial charge in [0.1, 0.15) is 23.7 Å². The number of carbonyl (C=O) groups is 2. The third-order valence-electron chi connectivity index (χ3n) is 9.74. The molecular formula is C41H64N5O9P. The second-order valence-corrected chi connectivity index (χ2v) is 16.7. The molecule has 1 fully saturated rings. The third-order valence-corrected chi connectivity index (χ3v) is 11.4. The van der Waals surface area contributed by atoms with Gasteiger partial charge in [0.25, 0.3) is 0 Å². The van der Waals surface area contributed by atoms with Gasteiger partial charge in [-0.25, -0.2) is 15.9 Å². The highest BCUT2D eigenvalue weighted by atomic mass is 31.2. The molecule has 1 aromatic heterocycles. The molecule has 2 heterocycles. The molecule has 0 amide bonds. The van der Waals surface area contributed by atoms with E-state index >= 15 is 0 Å². The molecule has 0 radical (unpaired) electrons. The molecule has 3 rings (SSSR count). The molecule has 56 heavy (non-hydrogen) atoms. The van der Waals surface area contributed by atoms with Gasteiger partial charge in [-0.2, -0.15) is 10.1 Å². The van der Waals surface area contributed by atoms with Crippen LogP contribution in [0.3, 0.4) is 0 Å². The van der Waals surface area contributed by atoms with Crippen LogP contribution in [-0.4, -0.2) is 58.0 Å². The van der Waals surface area contributed by atoms with Crippen molar-refractivity contribution in [2.24, 2.45) is 0 Å². The van der Waals surface area contributed by atoms with Crippen molar-refractivity contribution in [2.75, 3.05) is 12.3 Å². The Kier molecular flexibility index (Phi) is 20.1. The van der Waals surface area contributed by atoms with Gasteiger partial charge in [-0.3, -0.25) is 18.7 Å². The number of benzene rings is 1. The maximum atomic E-state index is 14.2. The van der Waals surface area contributed by atoms with E-state index in [0.717, 1.165) is 23.8 Å². The molecule has 1 saturated heterocycles. The molecule has 1 aliphatic heterocycles. The molecule has 14 nitrogen and oxygen atoms in total. The predicted molar refractivity (Wildman–Crippen MR) is 216 cm³/mol. The molecule has 312 valence electrons. The highest BCUT2D eigenvalue weighted by Gasteiger charge is 2.63. The van der Waals surface area contributed by atoms with Crippen LogP contribution in [0.5, 0.6) is 5.75 Å². The van der Waals surface area contributed by atoms with E-state index in [9.17, 15) is 18.9 Å². The fraction of sp³-hybridized carbons (Fsp3) is 0.683. The molecule has 2 aromatic rings. The normalized spacial score (nSPS) is 20.9. The van der Waals surface area contributed by atoms with Crippen LogP contribution in [0.15, 0.2) is 47.4 Å². The number of nitrogens with two attached hydrogens (primary N) is 1. The highest BCUT2D eigenvalue weighted by Crippen LogP contribution is 2.48. The van der Waals surface area contributed by atoms with Crippen molar-refractivity contribution in [3.8, 4) is 5.75 Å². The van der Waals surface area contributed by atoms with Crippen molar-refractivity contribution >= 4 is 25.5 Å².